The molecular weight excluding hydrogens is 1080 g/mol. The number of rotatable bonds is 55. The molecule has 0 rings (SSSR count). The van der Waals surface area contributed by atoms with Gasteiger partial charge in [-0.15, -0.1) is 0 Å². The molecule has 0 aliphatic carbocycles. The summed E-state index contributed by atoms with van der Waals surface area (Å²) < 4.78 is 44.4. The molecule has 4 atom stereocenters. The Balaban J connectivity index is 0. The van der Waals surface area contributed by atoms with E-state index in [1.807, 2.05) is 0 Å². The van der Waals surface area contributed by atoms with Crippen molar-refractivity contribution in [2.45, 2.75) is 283 Å². The Morgan fingerprint density at radius 1 is 0.500 bits per heavy atom. The van der Waals surface area contributed by atoms with Crippen LogP contribution in [0.3, 0.4) is 0 Å². The molecule has 0 bridgehead atoms. The minimum absolute atomic E-state index is 0. The van der Waals surface area contributed by atoms with Gasteiger partial charge in [-0.2, -0.15) is 11.8 Å². The molecule has 0 saturated heterocycles. The Hall–Kier alpha value is -2.98. The average molecular weight is 1180 g/mol. The second-order valence-electron chi connectivity index (χ2n) is 21.2. The van der Waals surface area contributed by atoms with Crippen LogP contribution >= 0.6 is 11.8 Å². The molecule has 0 saturated carbocycles. The van der Waals surface area contributed by atoms with Crippen LogP contribution in [0.25, 0.3) is 0 Å². The average Bonchev–Trinajstić information content (AvgIpc) is 3.40. The van der Waals surface area contributed by atoms with Crippen molar-refractivity contribution in [1.29, 1.82) is 0 Å². The zero-order chi connectivity index (χ0) is 58.8. The van der Waals surface area contributed by atoms with Crippen LogP contribution in [0.5, 0.6) is 0 Å². The summed E-state index contributed by atoms with van der Waals surface area (Å²) in [6.07, 6.45) is 33.5. The molecule has 0 heterocycles. The third kappa shape index (κ3) is 50.7. The van der Waals surface area contributed by atoms with Gasteiger partial charge < -0.3 is 46.3 Å². The number of carbonyl (C=O) groups is 8. The maximum Gasteiger partial charge on any atom is 1.00 e. The van der Waals surface area contributed by atoms with Crippen molar-refractivity contribution in [3.8, 4) is 0 Å². The molecule has 22 heteroatoms. The van der Waals surface area contributed by atoms with Gasteiger partial charge in [0.15, 0.2) is 0 Å². The number of amides is 6. The largest absolute Gasteiger partial charge is 1.00 e. The maximum atomic E-state index is 14.0. The van der Waals surface area contributed by atoms with Gasteiger partial charge in [-0.25, -0.2) is 8.42 Å². The number of hydrogen-bond donors (Lipinski definition) is 6. The van der Waals surface area contributed by atoms with Crippen LogP contribution in [0.2, 0.25) is 0 Å². The molecule has 0 aliphatic heterocycles. The Morgan fingerprint density at radius 2 is 0.938 bits per heavy atom. The molecule has 0 aliphatic rings. The number of esters is 2. The Kier molecular flexibility index (Phi) is 53.4. The third-order valence-electron chi connectivity index (χ3n) is 13.6. The Bertz CT molecular complexity index is 1780. The van der Waals surface area contributed by atoms with E-state index in [4.69, 9.17) is 15.2 Å². The number of thioether (sulfide) groups is 1. The standard InChI is InChI=1S/C58H108N6O13S2.Na/c1-5-8-11-14-17-20-21-22-23-26-27-30-33-36-53(67)63-50(58(72)62-47(4)56(70)64-49(57(71)61-43-51(59)65)39-40-52(66)60-41-42-79(73,74)75)46-78-45-48(77-55(69)38-35-32-29-25-19-16-13-10-7-3)44-76-54(68)37-34-31-28-24-18-15-12-9-6-2;/h47-50H,5-46H2,1-4H3,(H2,59,65)(H,60,66)(H,61,71)(H,62,72)(H,63,67)(H,64,70)(H,73,74,75);/q;+1/p-1/t47-,48?,49+,50-;/m0./s1. The van der Waals surface area contributed by atoms with E-state index in [1.54, 1.807) is 0 Å². The van der Waals surface area contributed by atoms with Crippen molar-refractivity contribution in [3.05, 3.63) is 0 Å². The summed E-state index contributed by atoms with van der Waals surface area (Å²) in [6.45, 7) is 6.74. The molecule has 0 aromatic rings. The van der Waals surface area contributed by atoms with Crippen molar-refractivity contribution in [2.24, 2.45) is 5.73 Å². The van der Waals surface area contributed by atoms with E-state index in [-0.39, 0.29) is 85.2 Å². The first-order valence-corrected chi connectivity index (χ1v) is 33.2. The fraction of sp³-hybridized carbons (Fsp3) is 0.862. The van der Waals surface area contributed by atoms with Crippen molar-refractivity contribution in [3.63, 3.8) is 0 Å². The number of hydrogen-bond acceptors (Lipinski definition) is 14. The van der Waals surface area contributed by atoms with Gasteiger partial charge in [0.1, 0.15) is 30.8 Å². The molecule has 460 valence electrons. The van der Waals surface area contributed by atoms with Gasteiger partial charge >= 0.3 is 41.5 Å². The van der Waals surface area contributed by atoms with E-state index in [0.29, 0.717) is 19.3 Å². The Labute approximate surface area is 508 Å². The van der Waals surface area contributed by atoms with E-state index in [0.717, 1.165) is 64.2 Å². The van der Waals surface area contributed by atoms with Gasteiger partial charge in [0.2, 0.25) is 35.4 Å². The summed E-state index contributed by atoms with van der Waals surface area (Å²) in [4.78, 5) is 104. The van der Waals surface area contributed by atoms with E-state index in [1.165, 1.54) is 134 Å². The zero-order valence-corrected chi connectivity index (χ0v) is 53.8. The van der Waals surface area contributed by atoms with Crippen molar-refractivity contribution in [1.82, 2.24) is 26.6 Å². The van der Waals surface area contributed by atoms with Gasteiger partial charge in [0, 0.05) is 43.7 Å². The van der Waals surface area contributed by atoms with Gasteiger partial charge in [-0.05, 0) is 32.6 Å². The molecule has 6 amide bonds. The topological polar surface area (TPSA) is 298 Å². The van der Waals surface area contributed by atoms with E-state index >= 15 is 0 Å². The summed E-state index contributed by atoms with van der Waals surface area (Å²) in [5.41, 5.74) is 5.18. The predicted molar refractivity (Wildman–Crippen MR) is 313 cm³/mol. The van der Waals surface area contributed by atoms with Crippen LogP contribution in [0, 0.1) is 0 Å². The molecule has 0 aromatic carbocycles. The molecule has 0 aromatic heterocycles. The van der Waals surface area contributed by atoms with Crippen LogP contribution in [-0.4, -0.2) is 122 Å². The summed E-state index contributed by atoms with van der Waals surface area (Å²) in [5, 5.41) is 12.4. The summed E-state index contributed by atoms with van der Waals surface area (Å²) >= 11 is 1.21. The normalized spacial score (nSPS) is 12.7. The molecule has 19 nitrogen and oxygen atoms in total. The van der Waals surface area contributed by atoms with Gasteiger partial charge in [-0.3, -0.25) is 38.4 Å². The fourth-order valence-electron chi connectivity index (χ4n) is 8.77. The quantitative estimate of drug-likeness (QED) is 0.0176. The number of nitrogens with one attached hydrogen (secondary N) is 5. The molecule has 80 heavy (non-hydrogen) atoms. The first-order valence-electron chi connectivity index (χ1n) is 30.5. The van der Waals surface area contributed by atoms with Crippen molar-refractivity contribution < 1.29 is 90.4 Å². The van der Waals surface area contributed by atoms with Gasteiger partial charge in [0.05, 0.1) is 22.4 Å². The fourth-order valence-corrected chi connectivity index (χ4v) is 10.2. The maximum absolute atomic E-state index is 14.0. The number of primary amides is 1. The number of nitrogens with two attached hydrogens (primary N) is 1. The van der Waals surface area contributed by atoms with Crippen LogP contribution in [-0.2, 0) is 57.9 Å². The SMILES string of the molecule is CCCCCCCCCCCCCCCC(=O)N[C@@H](CSCC(COC(=O)CCCCCCCCCCC)OC(=O)CCCCCCCCCCC)C(=O)N[C@@H](C)C(=O)N[C@H](CCC(=O)NCCS(=O)(=O)[O-])C(=O)NCC(N)=O.[Na+]. The minimum Gasteiger partial charge on any atom is -0.748 e. The molecule has 0 fully saturated rings. The number of carbonyl (C=O) groups excluding carboxylic acids is 8. The van der Waals surface area contributed by atoms with Crippen LogP contribution in [0.15, 0.2) is 0 Å². The first-order chi connectivity index (χ1) is 37.9. The number of unbranched alkanes of at least 4 members (excludes halogenated alkanes) is 28. The summed E-state index contributed by atoms with van der Waals surface area (Å²) in [7, 11) is -4.60. The molecule has 1 unspecified atom stereocenters. The second-order valence-corrected chi connectivity index (χ2v) is 23.8. The smallest absolute Gasteiger partial charge is 0.748 e. The van der Waals surface area contributed by atoms with Crippen LogP contribution in [0.4, 0.5) is 0 Å². The van der Waals surface area contributed by atoms with Crippen molar-refractivity contribution in [2.75, 3.05) is 37.0 Å². The van der Waals surface area contributed by atoms with E-state index < -0.39 is 95.1 Å². The zero-order valence-electron chi connectivity index (χ0n) is 50.2. The molecule has 0 radical (unpaired) electrons. The summed E-state index contributed by atoms with van der Waals surface area (Å²) in [5.74, 6) is -5.93. The van der Waals surface area contributed by atoms with Crippen molar-refractivity contribution >= 4 is 69.3 Å². The van der Waals surface area contributed by atoms with Gasteiger partial charge in [-0.1, -0.05) is 201 Å². The third-order valence-corrected chi connectivity index (χ3v) is 15.5. The molecule has 7 N–H and O–H groups in total. The molecule has 0 spiro atoms. The first kappa shape index (κ1) is 79.1. The van der Waals surface area contributed by atoms with Crippen LogP contribution < -0.4 is 61.9 Å². The van der Waals surface area contributed by atoms with E-state index in [9.17, 15) is 51.3 Å². The monoisotopic (exact) mass is 1180 g/mol. The predicted octanol–water partition coefficient (Wildman–Crippen LogP) is 6.02. The summed E-state index contributed by atoms with van der Waals surface area (Å²) in [6, 6.07) is -3.87. The Morgan fingerprint density at radius 3 is 1.39 bits per heavy atom. The van der Waals surface area contributed by atoms with E-state index in [2.05, 4.69) is 47.4 Å². The van der Waals surface area contributed by atoms with Gasteiger partial charge in [0.25, 0.3) is 0 Å². The second kappa shape index (κ2) is 54.0. The molecular formula is C58H107N6NaO13S2. The number of ether oxygens (including phenoxy) is 2. The van der Waals surface area contributed by atoms with Crippen LogP contribution in [0.1, 0.15) is 259 Å². The minimum atomic E-state index is -4.60.